The lowest BCUT2D eigenvalue weighted by Gasteiger charge is -2.43. The second-order valence-electron chi connectivity index (χ2n) is 21.7. The highest BCUT2D eigenvalue weighted by molar-refractivity contribution is 6.39. The Labute approximate surface area is 452 Å². The molecule has 1 amide bonds. The van der Waals surface area contributed by atoms with E-state index in [1.54, 1.807) is 34.0 Å². The average Bonchev–Trinajstić information content (AvgIpc) is 3.40. The number of esters is 1. The first kappa shape index (κ1) is 62.7. The van der Waals surface area contributed by atoms with E-state index in [9.17, 15) is 49.4 Å². The van der Waals surface area contributed by atoms with Crippen LogP contribution >= 0.6 is 0 Å². The van der Waals surface area contributed by atoms with Gasteiger partial charge >= 0.3 is 12.1 Å². The number of ketones is 2. The zero-order valence-corrected chi connectivity index (χ0v) is 46.2. The summed E-state index contributed by atoms with van der Waals surface area (Å²) in [7, 11) is 4.51. The predicted molar refractivity (Wildman–Crippen MR) is 283 cm³/mol. The molecule has 5 N–H and O–H groups in total. The highest BCUT2D eigenvalue weighted by Crippen LogP contribution is 2.38. The third-order valence-electron chi connectivity index (χ3n) is 15.9. The summed E-state index contributed by atoms with van der Waals surface area (Å²) in [6, 6.07) is 2.92. The number of cyclic esters (lactones) is 1. The molecule has 0 aromatic heterocycles. The molecular weight excluding hydrogens is 999 g/mol. The van der Waals surface area contributed by atoms with Crippen LogP contribution in [0.25, 0.3) is 0 Å². The monoisotopic (exact) mass is 1080 g/mol. The average molecular weight is 1080 g/mol. The first-order valence-electron chi connectivity index (χ1n) is 27.0. The van der Waals surface area contributed by atoms with Crippen molar-refractivity contribution >= 4 is 35.3 Å². The van der Waals surface area contributed by atoms with Gasteiger partial charge in [0.25, 0.3) is 17.4 Å². The Hall–Kier alpha value is -5.19. The minimum atomic E-state index is -2.48. The number of ether oxygens (including phenoxy) is 7. The number of rotatable bonds is 9. The molecule has 0 unspecified atom stereocenters. The molecule has 3 aliphatic heterocycles. The van der Waals surface area contributed by atoms with Gasteiger partial charge in [-0.15, -0.1) is 0 Å². The summed E-state index contributed by atoms with van der Waals surface area (Å²) in [5, 5.41) is 45.6. The predicted octanol–water partition coefficient (Wildman–Crippen LogP) is 6.80. The van der Waals surface area contributed by atoms with Crippen LogP contribution in [0.5, 0.6) is 5.75 Å². The summed E-state index contributed by atoms with van der Waals surface area (Å²) >= 11 is 0. The van der Waals surface area contributed by atoms with Gasteiger partial charge < -0.3 is 59.1 Å². The summed E-state index contributed by atoms with van der Waals surface area (Å²) in [5.74, 6) is -8.01. The van der Waals surface area contributed by atoms with E-state index in [4.69, 9.17) is 38.9 Å². The number of carbonyl (C=O) groups excluding carboxylic acids is 5. The second kappa shape index (κ2) is 29.1. The lowest BCUT2D eigenvalue weighted by molar-refractivity contribution is -0.384. The van der Waals surface area contributed by atoms with Gasteiger partial charge in [-0.05, 0) is 113 Å². The number of aliphatic hydroxyl groups excluding tert-OH is 2. The topological polar surface area (TPSA) is 283 Å². The summed E-state index contributed by atoms with van der Waals surface area (Å²) in [6.07, 6.45) is 6.96. The van der Waals surface area contributed by atoms with Crippen molar-refractivity contribution in [3.05, 3.63) is 82.0 Å². The Morgan fingerprint density at radius 3 is 2.21 bits per heavy atom. The molecule has 77 heavy (non-hydrogen) atoms. The molecule has 1 saturated carbocycles. The maximum atomic E-state index is 14.6. The van der Waals surface area contributed by atoms with Crippen molar-refractivity contribution in [2.75, 3.05) is 27.9 Å². The van der Waals surface area contributed by atoms with Crippen molar-refractivity contribution in [1.29, 1.82) is 0 Å². The van der Waals surface area contributed by atoms with Crippen LogP contribution in [-0.2, 0) is 47.6 Å². The molecule has 1 aromatic rings. The fourth-order valence-electron chi connectivity index (χ4n) is 11.1. The lowest BCUT2D eigenvalue weighted by Crippen LogP contribution is -2.61. The molecular formula is C57H83N3O17. The Kier molecular flexibility index (Phi) is 23.7. The van der Waals surface area contributed by atoms with Crippen LogP contribution in [0, 0.1) is 39.7 Å². The number of amides is 1. The lowest BCUT2D eigenvalue weighted by atomic mass is 9.80. The van der Waals surface area contributed by atoms with Gasteiger partial charge in [-0.3, -0.25) is 24.5 Å². The van der Waals surface area contributed by atoms with Gasteiger partial charge in [-0.1, -0.05) is 64.2 Å². The van der Waals surface area contributed by atoms with Gasteiger partial charge in [0, 0.05) is 76.6 Å². The fraction of sp³-hybridized carbons (Fsp3) is 0.667. The van der Waals surface area contributed by atoms with E-state index in [0.29, 0.717) is 63.4 Å². The van der Waals surface area contributed by atoms with Gasteiger partial charge in [0.1, 0.15) is 36.2 Å². The molecule has 4 aliphatic rings. The molecule has 2 saturated heterocycles. The largest absolute Gasteiger partial charge is 0.514 e. The van der Waals surface area contributed by atoms with Crippen molar-refractivity contribution in [3.63, 3.8) is 0 Å². The van der Waals surface area contributed by atoms with Crippen LogP contribution in [0.3, 0.4) is 0 Å². The number of nitrogens with zero attached hydrogens (tertiary/aromatic N) is 2. The molecule has 20 heteroatoms. The van der Waals surface area contributed by atoms with Crippen LogP contribution in [0.2, 0.25) is 0 Å². The molecule has 3 fully saturated rings. The van der Waals surface area contributed by atoms with Gasteiger partial charge in [-0.25, -0.2) is 9.59 Å². The molecule has 2 bridgehead atoms. The first-order chi connectivity index (χ1) is 36.5. The number of hydrogen-bond acceptors (Lipinski definition) is 18. The Morgan fingerprint density at radius 1 is 0.844 bits per heavy atom. The van der Waals surface area contributed by atoms with E-state index < -0.39 is 119 Å². The minimum absolute atomic E-state index is 0.0213. The standard InChI is InChI=1S/C57H83N3O17/c1-33-15-11-10-12-16-34(2)46(71-7)31-42-22-18-38(6)57(68,77-42)53(64)54(65)59-26-14-13-17-44(59)55(66)75-48(32-47(72-8)35(3)28-37(5)51(62)52(63)50(61)36(4)27-33)43(58)29-39-19-25-45(49(30-39)73-9)76-56(67)74-41-23-20-40(21-24-41)60(69)70/h10-12,15-16,20-21,23-24,28,33,35-36,38-39,42-49,51-52,62-63,68H,13-14,17-19,22,25-27,29-32,58H2,1-9H3/b12-10+,15-11+,34-16+,37-28+/t33-,35-,36-,38-,39+,42+,43-,44+,45-,46+,47-,48+,49-,51-,52+,57-/m1/s1. The van der Waals surface area contributed by atoms with Crippen molar-refractivity contribution in [1.82, 2.24) is 4.90 Å². The number of carbonyl (C=O) groups is 5. The highest BCUT2D eigenvalue weighted by Gasteiger charge is 2.53. The number of nitrogens with two attached hydrogens (primary N) is 1. The minimum Gasteiger partial charge on any atom is -0.459 e. The SMILES string of the molecule is CO[C@H]1C[C@@H]2CC[C@@H](C)[C@@](O)(O2)C(=O)C(=O)N2CCCC[C@H]2C(=O)O[C@H]([C@H](N)C[C@@H]2CC[C@@H](OC(=O)Oc3ccc([N+](=O)[O-])cc3)[C@H](OC)C2)C[C@@H](OC)[C@H](C)/C=C(\C)[C@@H](O)[C@@H](O)C(=O)[C@H](C)C[C@H](C)/C=C/C=C/C=C/1C. The van der Waals surface area contributed by atoms with Gasteiger partial charge in [0.2, 0.25) is 5.79 Å². The summed E-state index contributed by atoms with van der Waals surface area (Å²) in [4.78, 5) is 81.4. The normalized spacial score (nSPS) is 36.7. The van der Waals surface area contributed by atoms with E-state index in [1.165, 1.54) is 38.5 Å². The van der Waals surface area contributed by atoms with E-state index in [-0.39, 0.29) is 49.1 Å². The number of non-ortho nitro benzene ring substituents is 1. The third-order valence-corrected chi connectivity index (χ3v) is 15.9. The molecule has 5 rings (SSSR count). The van der Waals surface area contributed by atoms with Crippen LogP contribution in [-0.4, -0.2) is 149 Å². The van der Waals surface area contributed by atoms with E-state index in [2.05, 4.69) is 0 Å². The number of nitro benzene ring substituents is 1. The highest BCUT2D eigenvalue weighted by atomic mass is 16.7. The smallest absolute Gasteiger partial charge is 0.459 e. The first-order valence-corrected chi connectivity index (χ1v) is 27.0. The van der Waals surface area contributed by atoms with Crippen molar-refractivity contribution in [2.45, 2.75) is 185 Å². The number of fused-ring (bicyclic) bond motifs is 3. The number of methoxy groups -OCH3 is 3. The number of piperidine rings is 1. The van der Waals surface area contributed by atoms with Crippen molar-refractivity contribution in [2.24, 2.45) is 35.3 Å². The molecule has 1 aliphatic carbocycles. The van der Waals surface area contributed by atoms with Gasteiger partial charge in [0.15, 0.2) is 5.78 Å². The molecule has 20 nitrogen and oxygen atoms in total. The summed E-state index contributed by atoms with van der Waals surface area (Å²) in [5.41, 5.74) is 8.05. The van der Waals surface area contributed by atoms with Crippen molar-refractivity contribution < 1.29 is 77.4 Å². The number of allylic oxidation sites excluding steroid dienone is 5. The van der Waals surface area contributed by atoms with Crippen LogP contribution in [0.1, 0.15) is 119 Å². The third kappa shape index (κ3) is 16.9. The van der Waals surface area contributed by atoms with E-state index in [1.807, 2.05) is 51.2 Å². The second-order valence-corrected chi connectivity index (χ2v) is 21.7. The number of nitro groups is 1. The zero-order valence-electron chi connectivity index (χ0n) is 46.2. The number of hydrogen-bond donors (Lipinski definition) is 4. The number of aliphatic hydroxyl groups is 3. The molecule has 3 heterocycles. The summed E-state index contributed by atoms with van der Waals surface area (Å²) in [6.45, 7) is 10.7. The van der Waals surface area contributed by atoms with Crippen molar-refractivity contribution in [3.8, 4) is 5.75 Å². The maximum absolute atomic E-state index is 14.6. The van der Waals surface area contributed by atoms with Gasteiger partial charge in [-0.2, -0.15) is 0 Å². The number of benzene rings is 1. The number of Topliss-reactive ketones (excluding diaryl/α,β-unsaturated/α-hetero) is 2. The molecule has 1 aromatic carbocycles. The molecule has 16 atom stereocenters. The Bertz CT molecular complexity index is 2300. The Morgan fingerprint density at radius 2 is 1.55 bits per heavy atom. The van der Waals surface area contributed by atoms with Gasteiger partial charge in [0.05, 0.1) is 29.3 Å². The zero-order chi connectivity index (χ0) is 56.7. The molecule has 0 radical (unpaired) electrons. The van der Waals surface area contributed by atoms with E-state index in [0.717, 1.165) is 10.5 Å². The maximum Gasteiger partial charge on any atom is 0.514 e. The quantitative estimate of drug-likeness (QED) is 0.0494. The molecule has 428 valence electrons. The molecule has 0 spiro atoms. The van der Waals surface area contributed by atoms with Crippen LogP contribution < -0.4 is 10.5 Å². The Balaban J connectivity index is 1.42. The van der Waals surface area contributed by atoms with E-state index >= 15 is 0 Å². The van der Waals surface area contributed by atoms with Crippen LogP contribution in [0.4, 0.5) is 10.5 Å². The van der Waals surface area contributed by atoms with Crippen LogP contribution in [0.15, 0.2) is 71.9 Å². The fourth-order valence-corrected chi connectivity index (χ4v) is 11.1. The summed E-state index contributed by atoms with van der Waals surface area (Å²) < 4.78 is 41.1.